The lowest BCUT2D eigenvalue weighted by atomic mass is 10.1. The molecule has 0 saturated heterocycles. The summed E-state index contributed by atoms with van der Waals surface area (Å²) in [6.07, 6.45) is 6.93. The number of benzene rings is 1. The van der Waals surface area contributed by atoms with E-state index in [-0.39, 0.29) is 10.4 Å². The molecule has 1 saturated carbocycles. The van der Waals surface area contributed by atoms with E-state index in [1.807, 2.05) is 11.8 Å². The van der Waals surface area contributed by atoms with E-state index in [0.29, 0.717) is 12.1 Å². The predicted octanol–water partition coefficient (Wildman–Crippen LogP) is 3.50. The number of halogens is 1. The van der Waals surface area contributed by atoms with Crippen molar-refractivity contribution in [1.29, 1.82) is 0 Å². The molecule has 0 bridgehead atoms. The highest BCUT2D eigenvalue weighted by atomic mass is 32.2. The molecule has 0 radical (unpaired) electrons. The number of nitrogens with one attached hydrogen (secondary N) is 1. The second kappa shape index (κ2) is 6.54. The zero-order chi connectivity index (χ0) is 14.6. The van der Waals surface area contributed by atoms with Crippen molar-refractivity contribution in [2.75, 3.05) is 12.8 Å². The third-order valence-electron chi connectivity index (χ3n) is 3.95. The molecule has 1 aromatic carbocycles. The van der Waals surface area contributed by atoms with Crippen LogP contribution in [-0.2, 0) is 6.54 Å². The average Bonchev–Trinajstić information content (AvgIpc) is 2.88. The Morgan fingerprint density at radius 1 is 1.45 bits per heavy atom. The number of nitro groups is 1. The predicted molar refractivity (Wildman–Crippen MR) is 79.5 cm³/mol. The molecule has 0 heterocycles. The summed E-state index contributed by atoms with van der Waals surface area (Å²) in [5.41, 5.74) is 0.382. The minimum absolute atomic E-state index is 0.0245. The summed E-state index contributed by atoms with van der Waals surface area (Å²) in [7, 11) is 0. The summed E-state index contributed by atoms with van der Waals surface area (Å²) >= 11 is 1.86. The molecule has 1 N–H and O–H groups in total. The third-order valence-corrected chi connectivity index (χ3v) is 5.37. The van der Waals surface area contributed by atoms with E-state index in [2.05, 4.69) is 11.6 Å². The number of nitro benzene ring substituents is 1. The summed E-state index contributed by atoms with van der Waals surface area (Å²) in [6, 6.07) is 3.60. The molecule has 110 valence electrons. The van der Waals surface area contributed by atoms with Gasteiger partial charge in [0.1, 0.15) is 5.82 Å². The van der Waals surface area contributed by atoms with Gasteiger partial charge in [0, 0.05) is 29.5 Å². The maximum absolute atomic E-state index is 13.2. The molecule has 1 aromatic rings. The van der Waals surface area contributed by atoms with Gasteiger partial charge in [-0.25, -0.2) is 4.39 Å². The molecule has 1 aliphatic carbocycles. The van der Waals surface area contributed by atoms with Gasteiger partial charge in [-0.2, -0.15) is 11.8 Å². The first-order chi connectivity index (χ1) is 9.56. The zero-order valence-electron chi connectivity index (χ0n) is 11.5. The summed E-state index contributed by atoms with van der Waals surface area (Å²) in [6.45, 7) is 1.14. The van der Waals surface area contributed by atoms with Crippen LogP contribution in [0.2, 0.25) is 0 Å². The Hall–Kier alpha value is -1.14. The third kappa shape index (κ3) is 3.49. The Morgan fingerprint density at radius 3 is 2.75 bits per heavy atom. The number of rotatable bonds is 6. The molecule has 20 heavy (non-hydrogen) atoms. The van der Waals surface area contributed by atoms with Gasteiger partial charge in [0.25, 0.3) is 5.69 Å². The minimum Gasteiger partial charge on any atom is -0.311 e. The summed E-state index contributed by atoms with van der Waals surface area (Å²) in [5.74, 6) is -0.437. The van der Waals surface area contributed by atoms with Crippen LogP contribution in [0.15, 0.2) is 18.2 Å². The van der Waals surface area contributed by atoms with Crippen molar-refractivity contribution in [2.45, 2.75) is 37.0 Å². The Balaban J connectivity index is 2.00. The van der Waals surface area contributed by atoms with Crippen LogP contribution in [-0.4, -0.2) is 22.5 Å². The lowest BCUT2D eigenvalue weighted by Gasteiger charge is -2.27. The second-order valence-corrected chi connectivity index (χ2v) is 6.50. The van der Waals surface area contributed by atoms with E-state index in [4.69, 9.17) is 0 Å². The molecule has 0 atom stereocenters. The Labute approximate surface area is 122 Å². The van der Waals surface area contributed by atoms with Gasteiger partial charge in [0.2, 0.25) is 0 Å². The topological polar surface area (TPSA) is 55.2 Å². The van der Waals surface area contributed by atoms with Crippen molar-refractivity contribution in [3.05, 3.63) is 39.7 Å². The van der Waals surface area contributed by atoms with Gasteiger partial charge < -0.3 is 5.32 Å². The standard InChI is InChI=1S/C14H19FN2O2S/c1-20-14(6-2-3-7-14)10-16-9-11-8-12(15)4-5-13(11)17(18)19/h4-5,8,16H,2-3,6-7,9-10H2,1H3. The van der Waals surface area contributed by atoms with Gasteiger partial charge in [-0.3, -0.25) is 10.1 Å². The lowest BCUT2D eigenvalue weighted by Crippen LogP contribution is -2.34. The molecular weight excluding hydrogens is 279 g/mol. The van der Waals surface area contributed by atoms with Crippen molar-refractivity contribution >= 4 is 17.4 Å². The molecule has 4 nitrogen and oxygen atoms in total. The molecular formula is C14H19FN2O2S. The first-order valence-corrected chi connectivity index (χ1v) is 7.97. The summed E-state index contributed by atoms with van der Waals surface area (Å²) in [5, 5.41) is 14.2. The fourth-order valence-electron chi connectivity index (χ4n) is 2.77. The van der Waals surface area contributed by atoms with Gasteiger partial charge >= 0.3 is 0 Å². The van der Waals surface area contributed by atoms with E-state index in [0.717, 1.165) is 12.6 Å². The first-order valence-electron chi connectivity index (χ1n) is 6.75. The van der Waals surface area contributed by atoms with Gasteiger partial charge in [0.05, 0.1) is 4.92 Å². The highest BCUT2D eigenvalue weighted by molar-refractivity contribution is 8.00. The van der Waals surface area contributed by atoms with E-state index < -0.39 is 10.7 Å². The molecule has 2 rings (SSSR count). The highest BCUT2D eigenvalue weighted by Gasteiger charge is 2.32. The van der Waals surface area contributed by atoms with Crippen molar-refractivity contribution in [2.24, 2.45) is 0 Å². The van der Waals surface area contributed by atoms with E-state index in [1.54, 1.807) is 0 Å². The molecule has 0 amide bonds. The van der Waals surface area contributed by atoms with Crippen molar-refractivity contribution in [3.8, 4) is 0 Å². The molecule has 0 aromatic heterocycles. The van der Waals surface area contributed by atoms with Crippen LogP contribution in [0.4, 0.5) is 10.1 Å². The van der Waals surface area contributed by atoms with Gasteiger partial charge in [0.15, 0.2) is 0 Å². The number of thioether (sulfide) groups is 1. The molecule has 0 spiro atoms. The quantitative estimate of drug-likeness (QED) is 0.645. The maximum Gasteiger partial charge on any atom is 0.274 e. The van der Waals surface area contributed by atoms with E-state index in [9.17, 15) is 14.5 Å². The van der Waals surface area contributed by atoms with Crippen molar-refractivity contribution in [3.63, 3.8) is 0 Å². The van der Waals surface area contributed by atoms with Crippen LogP contribution in [0.5, 0.6) is 0 Å². The first kappa shape index (κ1) is 15.3. The van der Waals surface area contributed by atoms with E-state index >= 15 is 0 Å². The van der Waals surface area contributed by atoms with Crippen LogP contribution in [0.3, 0.4) is 0 Å². The van der Waals surface area contributed by atoms with Gasteiger partial charge in [-0.05, 0) is 31.2 Å². The van der Waals surface area contributed by atoms with Crippen LogP contribution < -0.4 is 5.32 Å². The molecule has 1 fully saturated rings. The SMILES string of the molecule is CSC1(CNCc2cc(F)ccc2[N+](=O)[O-])CCCC1. The highest BCUT2D eigenvalue weighted by Crippen LogP contribution is 2.39. The molecule has 0 unspecified atom stereocenters. The van der Waals surface area contributed by atoms with Crippen LogP contribution >= 0.6 is 11.8 Å². The Morgan fingerprint density at radius 2 is 2.15 bits per heavy atom. The van der Waals surface area contributed by atoms with Crippen molar-refractivity contribution in [1.82, 2.24) is 5.32 Å². The zero-order valence-corrected chi connectivity index (χ0v) is 12.3. The fourth-order valence-corrected chi connectivity index (χ4v) is 3.71. The number of hydrogen-bond donors (Lipinski definition) is 1. The molecule has 6 heteroatoms. The maximum atomic E-state index is 13.2. The van der Waals surface area contributed by atoms with Crippen molar-refractivity contribution < 1.29 is 9.31 Å². The van der Waals surface area contributed by atoms with Gasteiger partial charge in [-0.1, -0.05) is 12.8 Å². The minimum atomic E-state index is -0.462. The van der Waals surface area contributed by atoms with E-state index in [1.165, 1.54) is 37.8 Å². The monoisotopic (exact) mass is 298 g/mol. The van der Waals surface area contributed by atoms with Crippen LogP contribution in [0.25, 0.3) is 0 Å². The number of hydrogen-bond acceptors (Lipinski definition) is 4. The van der Waals surface area contributed by atoms with Crippen LogP contribution in [0, 0.1) is 15.9 Å². The summed E-state index contributed by atoms with van der Waals surface area (Å²) < 4.78 is 13.5. The average molecular weight is 298 g/mol. The van der Waals surface area contributed by atoms with Gasteiger partial charge in [-0.15, -0.1) is 0 Å². The number of nitrogens with zero attached hydrogens (tertiary/aromatic N) is 1. The normalized spacial score (nSPS) is 17.3. The Bertz CT molecular complexity index is 490. The molecule has 1 aliphatic rings. The summed E-state index contributed by atoms with van der Waals surface area (Å²) in [4.78, 5) is 10.5. The lowest BCUT2D eigenvalue weighted by molar-refractivity contribution is -0.385. The fraction of sp³-hybridized carbons (Fsp3) is 0.571. The largest absolute Gasteiger partial charge is 0.311 e. The smallest absolute Gasteiger partial charge is 0.274 e. The second-order valence-electron chi connectivity index (χ2n) is 5.23. The van der Waals surface area contributed by atoms with Crippen LogP contribution in [0.1, 0.15) is 31.2 Å². The molecule has 0 aliphatic heterocycles. The Kier molecular flexibility index (Phi) is 4.99.